The second-order valence-electron chi connectivity index (χ2n) is 7.83. The number of nitrogens with one attached hydrogen (secondary N) is 1. The lowest BCUT2D eigenvalue weighted by Crippen LogP contribution is -2.33. The van der Waals surface area contributed by atoms with Gasteiger partial charge in [0.05, 0.1) is 33.3 Å². The van der Waals surface area contributed by atoms with Crippen molar-refractivity contribution in [2.75, 3.05) is 33.8 Å². The number of hydrogen-bond acceptors (Lipinski definition) is 8. The summed E-state index contributed by atoms with van der Waals surface area (Å²) in [6.45, 7) is 2.77. The maximum absolute atomic E-state index is 13.5. The lowest BCUT2D eigenvalue weighted by atomic mass is 10.2. The minimum atomic E-state index is -4.24. The number of aromatic nitrogens is 1. The first-order valence-electron chi connectivity index (χ1n) is 10.8. The van der Waals surface area contributed by atoms with Crippen molar-refractivity contribution in [1.82, 2.24) is 4.57 Å². The molecule has 0 unspecified atom stereocenters. The zero-order valence-corrected chi connectivity index (χ0v) is 21.7. The normalized spacial score (nSPS) is 11.1. The summed E-state index contributed by atoms with van der Waals surface area (Å²) in [4.78, 5) is 25.6. The molecule has 0 atom stereocenters. The summed E-state index contributed by atoms with van der Waals surface area (Å²) in [5.41, 5.74) is 0.327. The summed E-state index contributed by atoms with van der Waals surface area (Å²) in [7, 11) is 1.54. The van der Waals surface area contributed by atoms with Crippen LogP contribution in [0.15, 0.2) is 57.1 Å². The number of carbonyl (C=O) groups is 1. The van der Waals surface area contributed by atoms with Gasteiger partial charge in [-0.05, 0) is 49.7 Å². The molecule has 36 heavy (non-hydrogen) atoms. The van der Waals surface area contributed by atoms with Crippen LogP contribution in [0.1, 0.15) is 11.3 Å². The van der Waals surface area contributed by atoms with E-state index in [4.69, 9.17) is 18.9 Å². The van der Waals surface area contributed by atoms with Crippen LogP contribution in [0.4, 0.5) is 5.69 Å². The molecule has 0 bridgehead atoms. The lowest BCUT2D eigenvalue weighted by Gasteiger charge is -2.16. The van der Waals surface area contributed by atoms with Gasteiger partial charge >= 0.3 is 0 Å². The second kappa shape index (κ2) is 10.7. The molecule has 0 aliphatic heterocycles. The topological polar surface area (TPSA) is 122 Å². The van der Waals surface area contributed by atoms with Gasteiger partial charge in [-0.1, -0.05) is 0 Å². The molecule has 1 amide bonds. The molecule has 0 aliphatic carbocycles. The predicted molar refractivity (Wildman–Crippen MR) is 133 cm³/mol. The van der Waals surface area contributed by atoms with E-state index in [1.165, 1.54) is 53.6 Å². The molecule has 0 saturated carbocycles. The first-order chi connectivity index (χ1) is 17.1. The lowest BCUT2D eigenvalue weighted by molar-refractivity contribution is -0.116. The first-order valence-corrected chi connectivity index (χ1v) is 12.3. The maximum Gasteiger partial charge on any atom is 0.270 e. The monoisotopic (exact) mass is 516 g/mol. The van der Waals surface area contributed by atoms with E-state index in [0.29, 0.717) is 28.6 Å². The third-order valence-corrected chi connectivity index (χ3v) is 7.46. The van der Waals surface area contributed by atoms with Crippen LogP contribution in [-0.2, 0) is 21.2 Å². The highest BCUT2D eigenvalue weighted by molar-refractivity contribution is 7.91. The van der Waals surface area contributed by atoms with E-state index in [-0.39, 0.29) is 16.2 Å². The second-order valence-corrected chi connectivity index (χ2v) is 9.71. The highest BCUT2D eigenvalue weighted by atomic mass is 32.2. The van der Waals surface area contributed by atoms with Gasteiger partial charge in [-0.3, -0.25) is 9.59 Å². The Hall–Kier alpha value is -3.99. The molecular weight excluding hydrogens is 488 g/mol. The van der Waals surface area contributed by atoms with Crippen molar-refractivity contribution in [3.05, 3.63) is 64.1 Å². The van der Waals surface area contributed by atoms with Crippen molar-refractivity contribution in [3.8, 4) is 23.0 Å². The first kappa shape index (κ1) is 26.6. The van der Waals surface area contributed by atoms with Gasteiger partial charge in [0.15, 0.2) is 23.0 Å². The number of benzene rings is 2. The van der Waals surface area contributed by atoms with E-state index in [9.17, 15) is 18.0 Å². The molecular formula is C25H28N2O8S. The Balaban J connectivity index is 1.99. The summed E-state index contributed by atoms with van der Waals surface area (Å²) in [5, 5.41) is 2.69. The number of carbonyl (C=O) groups excluding carboxylic acids is 1. The fraction of sp³-hybridized carbons (Fsp3) is 0.280. The quantitative estimate of drug-likeness (QED) is 0.461. The number of anilines is 1. The Labute approximate surface area is 209 Å². The third-order valence-electron chi connectivity index (χ3n) is 5.55. The minimum absolute atomic E-state index is 0.134. The SMILES string of the molecule is COc1ccc(NC(=O)Cn2c(C)cc(C)c(S(=O)(=O)c3ccc(OC)c(OC)c3)c2=O)cc1OC. The number of nitrogens with zero attached hydrogens (tertiary/aromatic N) is 1. The average Bonchev–Trinajstić information content (AvgIpc) is 2.85. The van der Waals surface area contributed by atoms with Crippen molar-refractivity contribution in [3.63, 3.8) is 0 Å². The molecule has 0 aliphatic rings. The zero-order valence-electron chi connectivity index (χ0n) is 20.9. The van der Waals surface area contributed by atoms with Crippen molar-refractivity contribution >= 4 is 21.4 Å². The molecule has 0 radical (unpaired) electrons. The molecule has 192 valence electrons. The summed E-state index contributed by atoms with van der Waals surface area (Å²) in [6, 6.07) is 10.5. The molecule has 0 saturated heterocycles. The predicted octanol–water partition coefficient (Wildman–Crippen LogP) is 2.97. The number of ether oxygens (including phenoxy) is 4. The number of aryl methyl sites for hydroxylation is 2. The number of sulfone groups is 1. The molecule has 1 heterocycles. The standard InChI is InChI=1S/C25H28N2O8S/c1-15-11-16(2)27(14-23(28)26-17-7-9-19(32-3)21(12-17)34-5)25(29)24(15)36(30,31)18-8-10-20(33-4)22(13-18)35-6/h7-13H,14H2,1-6H3,(H,26,28). The molecule has 10 nitrogen and oxygen atoms in total. The highest BCUT2D eigenvalue weighted by Gasteiger charge is 2.27. The van der Waals surface area contributed by atoms with Crippen LogP contribution in [0.25, 0.3) is 0 Å². The fourth-order valence-corrected chi connectivity index (χ4v) is 5.36. The third kappa shape index (κ3) is 5.15. The smallest absolute Gasteiger partial charge is 0.270 e. The summed E-state index contributed by atoms with van der Waals surface area (Å²) < 4.78 is 48.9. The van der Waals surface area contributed by atoms with Crippen molar-refractivity contribution in [1.29, 1.82) is 0 Å². The Morgan fingerprint density at radius 1 is 0.833 bits per heavy atom. The molecule has 0 fully saturated rings. The van der Waals surface area contributed by atoms with Gasteiger partial charge in [-0.15, -0.1) is 0 Å². The molecule has 0 spiro atoms. The van der Waals surface area contributed by atoms with Crippen LogP contribution < -0.4 is 29.8 Å². The molecule has 2 aromatic carbocycles. The van der Waals surface area contributed by atoms with Crippen molar-refractivity contribution in [2.45, 2.75) is 30.2 Å². The Morgan fingerprint density at radius 2 is 1.39 bits per heavy atom. The van der Waals surface area contributed by atoms with Gasteiger partial charge in [-0.2, -0.15) is 0 Å². The van der Waals surface area contributed by atoms with Crippen LogP contribution in [-0.4, -0.2) is 47.3 Å². The zero-order chi connectivity index (χ0) is 26.6. The molecule has 3 aromatic rings. The highest BCUT2D eigenvalue weighted by Crippen LogP contribution is 2.32. The van der Waals surface area contributed by atoms with E-state index in [0.717, 1.165) is 4.57 Å². The van der Waals surface area contributed by atoms with Crippen LogP contribution in [0.5, 0.6) is 23.0 Å². The Kier molecular flexibility index (Phi) is 7.93. The van der Waals surface area contributed by atoms with Gasteiger partial charge in [0.1, 0.15) is 11.4 Å². The van der Waals surface area contributed by atoms with Crippen LogP contribution in [0.2, 0.25) is 0 Å². The summed E-state index contributed by atoms with van der Waals surface area (Å²) >= 11 is 0. The Bertz CT molecular complexity index is 1460. The minimum Gasteiger partial charge on any atom is -0.493 e. The number of methoxy groups -OCH3 is 4. The van der Waals surface area contributed by atoms with E-state index in [1.54, 1.807) is 31.2 Å². The number of pyridine rings is 1. The number of hydrogen-bond donors (Lipinski definition) is 1. The van der Waals surface area contributed by atoms with E-state index in [1.807, 2.05) is 0 Å². The van der Waals surface area contributed by atoms with Crippen LogP contribution >= 0.6 is 0 Å². The van der Waals surface area contributed by atoms with Crippen molar-refractivity contribution < 1.29 is 32.2 Å². The van der Waals surface area contributed by atoms with E-state index in [2.05, 4.69) is 5.32 Å². The largest absolute Gasteiger partial charge is 0.493 e. The molecule has 1 aromatic heterocycles. The summed E-state index contributed by atoms with van der Waals surface area (Å²) in [5.74, 6) is 0.943. The van der Waals surface area contributed by atoms with Crippen molar-refractivity contribution in [2.24, 2.45) is 0 Å². The Morgan fingerprint density at radius 3 is 1.97 bits per heavy atom. The van der Waals surface area contributed by atoms with Gasteiger partial charge in [0, 0.05) is 23.5 Å². The summed E-state index contributed by atoms with van der Waals surface area (Å²) in [6.07, 6.45) is 0. The van der Waals surface area contributed by atoms with Crippen LogP contribution in [0.3, 0.4) is 0 Å². The van der Waals surface area contributed by atoms with Gasteiger partial charge in [-0.25, -0.2) is 8.42 Å². The molecule has 1 N–H and O–H groups in total. The fourth-order valence-electron chi connectivity index (χ4n) is 3.79. The maximum atomic E-state index is 13.5. The number of amides is 1. The van der Waals surface area contributed by atoms with E-state index < -0.39 is 32.7 Å². The van der Waals surface area contributed by atoms with Gasteiger partial charge < -0.3 is 28.8 Å². The average molecular weight is 517 g/mol. The van der Waals surface area contributed by atoms with E-state index >= 15 is 0 Å². The molecule has 3 rings (SSSR count). The van der Waals surface area contributed by atoms with Crippen LogP contribution in [0, 0.1) is 13.8 Å². The van der Waals surface area contributed by atoms with Gasteiger partial charge in [0.2, 0.25) is 15.7 Å². The van der Waals surface area contributed by atoms with Gasteiger partial charge in [0.25, 0.3) is 5.56 Å². The molecule has 11 heteroatoms. The number of rotatable bonds is 9.